The molecule has 2 heterocycles. The van der Waals surface area contributed by atoms with Crippen molar-refractivity contribution in [2.24, 2.45) is 0 Å². The van der Waals surface area contributed by atoms with E-state index in [0.29, 0.717) is 5.82 Å². The summed E-state index contributed by atoms with van der Waals surface area (Å²) in [6.07, 6.45) is 0.893. The van der Waals surface area contributed by atoms with Crippen LogP contribution >= 0.6 is 11.8 Å². The van der Waals surface area contributed by atoms with Gasteiger partial charge in [0, 0.05) is 16.9 Å². The quantitative estimate of drug-likeness (QED) is 0.836. The fraction of sp³-hybridized carbons (Fsp3) is 0.231. The Bertz CT molecular complexity index is 592. The molecular weight excluding hydrogens is 232 g/mol. The molecular formula is C13H12N2OS. The molecule has 0 unspecified atom stereocenters. The Morgan fingerprint density at radius 1 is 1.24 bits per heavy atom. The van der Waals surface area contributed by atoms with Crippen molar-refractivity contribution in [3.63, 3.8) is 0 Å². The fourth-order valence-corrected chi connectivity index (χ4v) is 2.96. The lowest BCUT2D eigenvalue weighted by Crippen LogP contribution is -2.21. The summed E-state index contributed by atoms with van der Waals surface area (Å²) in [4.78, 5) is 19.4. The van der Waals surface area contributed by atoms with E-state index >= 15 is 0 Å². The summed E-state index contributed by atoms with van der Waals surface area (Å²) in [6.45, 7) is 0. The maximum Gasteiger partial charge on any atom is 0.255 e. The molecule has 1 aromatic carbocycles. The van der Waals surface area contributed by atoms with Gasteiger partial charge in [0.2, 0.25) is 0 Å². The molecule has 0 amide bonds. The first-order chi connectivity index (χ1) is 8.34. The van der Waals surface area contributed by atoms with E-state index in [9.17, 15) is 4.79 Å². The van der Waals surface area contributed by atoms with E-state index in [1.807, 2.05) is 30.3 Å². The molecule has 0 atom stereocenters. The van der Waals surface area contributed by atoms with Gasteiger partial charge >= 0.3 is 0 Å². The van der Waals surface area contributed by atoms with E-state index in [1.165, 1.54) is 0 Å². The SMILES string of the molecule is O=c1[nH]c(-c2ccccc2)nc2c1CSCC2. The fourth-order valence-electron chi connectivity index (χ4n) is 1.98. The van der Waals surface area contributed by atoms with Crippen molar-refractivity contribution in [2.75, 3.05) is 5.75 Å². The summed E-state index contributed by atoms with van der Waals surface area (Å²) in [5, 5.41) is 0. The number of aryl methyl sites for hydroxylation is 1. The molecule has 0 spiro atoms. The van der Waals surface area contributed by atoms with Crippen LogP contribution in [-0.2, 0) is 12.2 Å². The number of nitrogens with one attached hydrogen (secondary N) is 1. The molecule has 17 heavy (non-hydrogen) atoms. The zero-order chi connectivity index (χ0) is 11.7. The third-order valence-electron chi connectivity index (χ3n) is 2.88. The molecule has 0 saturated carbocycles. The third-order valence-corrected chi connectivity index (χ3v) is 3.86. The highest BCUT2D eigenvalue weighted by Gasteiger charge is 2.16. The molecule has 1 aliphatic heterocycles. The number of hydrogen-bond donors (Lipinski definition) is 1. The minimum atomic E-state index is 0.0149. The van der Waals surface area contributed by atoms with Gasteiger partial charge in [-0.2, -0.15) is 11.8 Å². The molecule has 3 rings (SSSR count). The second-order valence-electron chi connectivity index (χ2n) is 4.01. The Balaban J connectivity index is 2.14. The largest absolute Gasteiger partial charge is 0.306 e. The number of nitrogens with zero attached hydrogens (tertiary/aromatic N) is 1. The van der Waals surface area contributed by atoms with Gasteiger partial charge in [-0.1, -0.05) is 30.3 Å². The first-order valence-electron chi connectivity index (χ1n) is 5.60. The molecule has 0 bridgehead atoms. The molecule has 0 saturated heterocycles. The zero-order valence-corrected chi connectivity index (χ0v) is 10.1. The first-order valence-corrected chi connectivity index (χ1v) is 6.75. The molecule has 86 valence electrons. The van der Waals surface area contributed by atoms with Crippen molar-refractivity contribution in [1.29, 1.82) is 0 Å². The van der Waals surface area contributed by atoms with Crippen LogP contribution in [0.15, 0.2) is 35.1 Å². The van der Waals surface area contributed by atoms with Crippen LogP contribution in [0.5, 0.6) is 0 Å². The summed E-state index contributed by atoms with van der Waals surface area (Å²) in [5.41, 5.74) is 2.79. The van der Waals surface area contributed by atoms with Gasteiger partial charge in [0.25, 0.3) is 5.56 Å². The number of aromatic nitrogens is 2. The van der Waals surface area contributed by atoms with Crippen LogP contribution in [-0.4, -0.2) is 15.7 Å². The predicted molar refractivity (Wildman–Crippen MR) is 70.2 cm³/mol. The van der Waals surface area contributed by atoms with Crippen molar-refractivity contribution in [3.05, 3.63) is 51.9 Å². The summed E-state index contributed by atoms with van der Waals surface area (Å²) >= 11 is 1.79. The van der Waals surface area contributed by atoms with Crippen LogP contribution in [0.4, 0.5) is 0 Å². The Hall–Kier alpha value is -1.55. The summed E-state index contributed by atoms with van der Waals surface area (Å²) < 4.78 is 0. The van der Waals surface area contributed by atoms with Crippen molar-refractivity contribution >= 4 is 11.8 Å². The summed E-state index contributed by atoms with van der Waals surface area (Å²) in [6, 6.07) is 9.77. The molecule has 2 aromatic rings. The van der Waals surface area contributed by atoms with Gasteiger partial charge in [-0.15, -0.1) is 0 Å². The van der Waals surface area contributed by atoms with Crippen LogP contribution in [0.2, 0.25) is 0 Å². The average molecular weight is 244 g/mol. The van der Waals surface area contributed by atoms with Crippen molar-refractivity contribution in [2.45, 2.75) is 12.2 Å². The Labute approximate surface area is 103 Å². The van der Waals surface area contributed by atoms with Gasteiger partial charge in [0.05, 0.1) is 5.69 Å². The molecule has 4 heteroatoms. The number of hydrogen-bond acceptors (Lipinski definition) is 3. The van der Waals surface area contributed by atoms with E-state index in [1.54, 1.807) is 11.8 Å². The van der Waals surface area contributed by atoms with Crippen LogP contribution < -0.4 is 5.56 Å². The molecule has 3 nitrogen and oxygen atoms in total. The standard InChI is InChI=1S/C13H12N2OS/c16-13-10-8-17-7-6-11(10)14-12(15-13)9-4-2-1-3-5-9/h1-5H,6-8H2,(H,14,15,16). The number of rotatable bonds is 1. The van der Waals surface area contributed by atoms with Crippen LogP contribution in [0.3, 0.4) is 0 Å². The van der Waals surface area contributed by atoms with E-state index in [2.05, 4.69) is 9.97 Å². The molecule has 1 N–H and O–H groups in total. The monoisotopic (exact) mass is 244 g/mol. The van der Waals surface area contributed by atoms with Crippen LogP contribution in [0.25, 0.3) is 11.4 Å². The van der Waals surface area contributed by atoms with Crippen molar-refractivity contribution < 1.29 is 0 Å². The van der Waals surface area contributed by atoms with Gasteiger partial charge in [-0.05, 0) is 12.2 Å². The highest BCUT2D eigenvalue weighted by molar-refractivity contribution is 7.98. The zero-order valence-electron chi connectivity index (χ0n) is 9.27. The Morgan fingerprint density at radius 2 is 2.06 bits per heavy atom. The predicted octanol–water partition coefficient (Wildman–Crippen LogP) is 2.23. The maximum atomic E-state index is 11.9. The Kier molecular flexibility index (Phi) is 2.73. The second kappa shape index (κ2) is 4.37. The van der Waals surface area contributed by atoms with Crippen LogP contribution in [0.1, 0.15) is 11.3 Å². The first kappa shape index (κ1) is 10.6. The smallest absolute Gasteiger partial charge is 0.255 e. The normalized spacial score (nSPS) is 14.4. The van der Waals surface area contributed by atoms with Gasteiger partial charge < -0.3 is 4.98 Å². The molecule has 0 radical (unpaired) electrons. The number of benzene rings is 1. The van der Waals surface area contributed by atoms with Crippen molar-refractivity contribution in [1.82, 2.24) is 9.97 Å². The van der Waals surface area contributed by atoms with Crippen LogP contribution in [0, 0.1) is 0 Å². The molecule has 1 aromatic heterocycles. The summed E-state index contributed by atoms with van der Waals surface area (Å²) in [7, 11) is 0. The maximum absolute atomic E-state index is 11.9. The minimum absolute atomic E-state index is 0.0149. The number of fused-ring (bicyclic) bond motifs is 1. The summed E-state index contributed by atoms with van der Waals surface area (Å²) in [5.74, 6) is 2.52. The number of aromatic amines is 1. The van der Waals surface area contributed by atoms with Gasteiger partial charge in [0.15, 0.2) is 0 Å². The number of thioether (sulfide) groups is 1. The van der Waals surface area contributed by atoms with Crippen molar-refractivity contribution in [3.8, 4) is 11.4 Å². The van der Waals surface area contributed by atoms with E-state index in [0.717, 1.165) is 34.7 Å². The third kappa shape index (κ3) is 2.00. The van der Waals surface area contributed by atoms with E-state index < -0.39 is 0 Å². The minimum Gasteiger partial charge on any atom is -0.306 e. The Morgan fingerprint density at radius 3 is 2.88 bits per heavy atom. The van der Waals surface area contributed by atoms with E-state index in [4.69, 9.17) is 0 Å². The lowest BCUT2D eigenvalue weighted by Gasteiger charge is -2.14. The van der Waals surface area contributed by atoms with Gasteiger partial charge in [-0.3, -0.25) is 4.79 Å². The molecule has 0 aliphatic carbocycles. The topological polar surface area (TPSA) is 45.8 Å². The average Bonchev–Trinajstić information content (AvgIpc) is 2.40. The molecule has 0 fully saturated rings. The highest BCUT2D eigenvalue weighted by Crippen LogP contribution is 2.22. The number of H-pyrrole nitrogens is 1. The highest BCUT2D eigenvalue weighted by atomic mass is 32.2. The van der Waals surface area contributed by atoms with Gasteiger partial charge in [-0.25, -0.2) is 4.98 Å². The van der Waals surface area contributed by atoms with Gasteiger partial charge in [0.1, 0.15) is 5.82 Å². The lowest BCUT2D eigenvalue weighted by molar-refractivity contribution is 0.938. The lowest BCUT2D eigenvalue weighted by atomic mass is 10.1. The van der Waals surface area contributed by atoms with E-state index in [-0.39, 0.29) is 5.56 Å². The molecule has 1 aliphatic rings. The second-order valence-corrected chi connectivity index (χ2v) is 5.11.